The summed E-state index contributed by atoms with van der Waals surface area (Å²) in [6.45, 7) is 0. The second-order valence-electron chi connectivity index (χ2n) is 3.72. The highest BCUT2D eigenvalue weighted by molar-refractivity contribution is 7.98. The van der Waals surface area contributed by atoms with Crippen molar-refractivity contribution in [3.05, 3.63) is 53.8 Å². The molecule has 0 radical (unpaired) electrons. The molecule has 2 aromatic rings. The minimum atomic E-state index is -0.269. The van der Waals surface area contributed by atoms with E-state index in [0.717, 1.165) is 21.9 Å². The van der Waals surface area contributed by atoms with Crippen LogP contribution in [0.15, 0.2) is 47.4 Å². The second kappa shape index (κ2) is 5.10. The number of benzene rings is 2. The molecular formula is C13H13FN2S. The summed E-state index contributed by atoms with van der Waals surface area (Å²) >= 11 is 1.50. The number of anilines is 2. The summed E-state index contributed by atoms with van der Waals surface area (Å²) in [6, 6.07) is 12.0. The van der Waals surface area contributed by atoms with Gasteiger partial charge in [-0.05, 0) is 35.9 Å². The van der Waals surface area contributed by atoms with E-state index in [2.05, 4.69) is 0 Å². The molecule has 0 bridgehead atoms. The molecule has 2 rings (SSSR count). The van der Waals surface area contributed by atoms with Gasteiger partial charge in [-0.15, -0.1) is 11.8 Å². The van der Waals surface area contributed by atoms with Crippen LogP contribution >= 0.6 is 11.8 Å². The summed E-state index contributed by atoms with van der Waals surface area (Å²) < 4.78 is 13.0. The highest BCUT2D eigenvalue weighted by atomic mass is 32.2. The number of nitrogen functional groups attached to an aromatic ring is 2. The van der Waals surface area contributed by atoms with Crippen molar-refractivity contribution in [2.75, 3.05) is 11.5 Å². The topological polar surface area (TPSA) is 52.0 Å². The monoisotopic (exact) mass is 248 g/mol. The molecule has 0 unspecified atom stereocenters. The summed E-state index contributed by atoms with van der Waals surface area (Å²) in [5, 5.41) is 0. The number of hydrogen-bond acceptors (Lipinski definition) is 3. The first kappa shape index (κ1) is 11.8. The Labute approximate surface area is 104 Å². The van der Waals surface area contributed by atoms with Gasteiger partial charge in [-0.3, -0.25) is 0 Å². The van der Waals surface area contributed by atoms with Crippen LogP contribution in [0.5, 0.6) is 0 Å². The van der Waals surface area contributed by atoms with Crippen LogP contribution in [0.4, 0.5) is 15.8 Å². The number of halogens is 1. The third kappa shape index (κ3) is 3.14. The van der Waals surface area contributed by atoms with Gasteiger partial charge in [-0.2, -0.15) is 0 Å². The third-order valence-corrected chi connectivity index (χ3v) is 3.46. The molecule has 2 nitrogen and oxygen atoms in total. The zero-order chi connectivity index (χ0) is 12.3. The zero-order valence-corrected chi connectivity index (χ0v) is 10.0. The maximum atomic E-state index is 13.0. The van der Waals surface area contributed by atoms with E-state index >= 15 is 0 Å². The molecule has 2 aromatic carbocycles. The van der Waals surface area contributed by atoms with Gasteiger partial charge >= 0.3 is 0 Å². The Hall–Kier alpha value is -1.68. The van der Waals surface area contributed by atoms with Crippen molar-refractivity contribution in [3.63, 3.8) is 0 Å². The Morgan fingerprint density at radius 1 is 1.06 bits per heavy atom. The van der Waals surface area contributed by atoms with Gasteiger partial charge in [-0.1, -0.05) is 12.1 Å². The highest BCUT2D eigenvalue weighted by Crippen LogP contribution is 2.29. The van der Waals surface area contributed by atoms with E-state index in [1.807, 2.05) is 24.3 Å². The molecule has 0 spiro atoms. The van der Waals surface area contributed by atoms with Gasteiger partial charge < -0.3 is 11.5 Å². The minimum absolute atomic E-state index is 0.269. The minimum Gasteiger partial charge on any atom is -0.399 e. The lowest BCUT2D eigenvalue weighted by atomic mass is 10.2. The molecule has 0 aliphatic rings. The van der Waals surface area contributed by atoms with Crippen LogP contribution < -0.4 is 11.5 Å². The van der Waals surface area contributed by atoms with Gasteiger partial charge in [0.2, 0.25) is 0 Å². The first-order chi connectivity index (χ1) is 8.15. The Kier molecular flexibility index (Phi) is 3.54. The predicted octanol–water partition coefficient (Wildman–Crippen LogP) is 3.28. The van der Waals surface area contributed by atoms with E-state index in [9.17, 15) is 4.39 Å². The van der Waals surface area contributed by atoms with Gasteiger partial charge in [-0.25, -0.2) is 4.39 Å². The molecule has 0 aliphatic heterocycles. The molecule has 0 aliphatic carbocycles. The molecule has 0 heterocycles. The van der Waals surface area contributed by atoms with Crippen molar-refractivity contribution in [1.82, 2.24) is 0 Å². The molecule has 0 saturated heterocycles. The summed E-state index contributed by atoms with van der Waals surface area (Å²) in [5.74, 6) is 0.452. The normalized spacial score (nSPS) is 10.4. The number of thioether (sulfide) groups is 1. The van der Waals surface area contributed by atoms with Crippen LogP contribution in [-0.2, 0) is 5.75 Å². The van der Waals surface area contributed by atoms with Crippen molar-refractivity contribution in [2.45, 2.75) is 10.6 Å². The smallest absolute Gasteiger partial charge is 0.124 e. The fourth-order valence-corrected chi connectivity index (χ4v) is 2.41. The van der Waals surface area contributed by atoms with Crippen molar-refractivity contribution >= 4 is 23.1 Å². The van der Waals surface area contributed by atoms with Gasteiger partial charge in [0, 0.05) is 22.0 Å². The molecule has 0 saturated carbocycles. The maximum absolute atomic E-state index is 13.0. The van der Waals surface area contributed by atoms with Crippen LogP contribution in [-0.4, -0.2) is 0 Å². The molecule has 0 fully saturated rings. The van der Waals surface area contributed by atoms with E-state index in [4.69, 9.17) is 11.5 Å². The molecule has 4 N–H and O–H groups in total. The fourth-order valence-electron chi connectivity index (χ4n) is 1.48. The summed E-state index contributed by atoms with van der Waals surface area (Å²) in [6.07, 6.45) is 0. The lowest BCUT2D eigenvalue weighted by Crippen LogP contribution is -1.91. The molecular weight excluding hydrogens is 235 g/mol. The first-order valence-corrected chi connectivity index (χ1v) is 6.16. The van der Waals surface area contributed by atoms with E-state index in [0.29, 0.717) is 5.69 Å². The van der Waals surface area contributed by atoms with Gasteiger partial charge in [0.1, 0.15) is 5.82 Å². The standard InChI is InChI=1S/C13H13FN2S/c14-10-4-5-12(16)13(7-10)17-8-9-2-1-3-11(15)6-9/h1-7H,8,15-16H2. The average molecular weight is 248 g/mol. The summed E-state index contributed by atoms with van der Waals surface area (Å²) in [7, 11) is 0. The molecule has 17 heavy (non-hydrogen) atoms. The zero-order valence-electron chi connectivity index (χ0n) is 9.19. The van der Waals surface area contributed by atoms with Crippen LogP contribution in [0.2, 0.25) is 0 Å². The Morgan fingerprint density at radius 3 is 2.65 bits per heavy atom. The molecule has 88 valence electrons. The fraction of sp³-hybridized carbons (Fsp3) is 0.0769. The van der Waals surface area contributed by atoms with Crippen molar-refractivity contribution in [2.24, 2.45) is 0 Å². The summed E-state index contributed by atoms with van der Waals surface area (Å²) in [5.41, 5.74) is 13.9. The van der Waals surface area contributed by atoms with Crippen molar-refractivity contribution in [1.29, 1.82) is 0 Å². The van der Waals surface area contributed by atoms with Crippen LogP contribution in [0.3, 0.4) is 0 Å². The lowest BCUT2D eigenvalue weighted by molar-refractivity contribution is 0.624. The Morgan fingerprint density at radius 2 is 1.88 bits per heavy atom. The van der Waals surface area contributed by atoms with E-state index in [-0.39, 0.29) is 5.82 Å². The largest absolute Gasteiger partial charge is 0.399 e. The highest BCUT2D eigenvalue weighted by Gasteiger charge is 2.02. The van der Waals surface area contributed by atoms with Crippen LogP contribution in [0.25, 0.3) is 0 Å². The third-order valence-electron chi connectivity index (χ3n) is 2.32. The van der Waals surface area contributed by atoms with E-state index in [1.165, 1.54) is 23.9 Å². The SMILES string of the molecule is Nc1cccc(CSc2cc(F)ccc2N)c1. The Bertz CT molecular complexity index is 529. The molecule has 4 heteroatoms. The van der Waals surface area contributed by atoms with Crippen LogP contribution in [0.1, 0.15) is 5.56 Å². The van der Waals surface area contributed by atoms with Crippen molar-refractivity contribution < 1.29 is 4.39 Å². The maximum Gasteiger partial charge on any atom is 0.124 e. The van der Waals surface area contributed by atoms with E-state index in [1.54, 1.807) is 6.07 Å². The quantitative estimate of drug-likeness (QED) is 0.647. The molecule has 0 aromatic heterocycles. The average Bonchev–Trinajstić information content (AvgIpc) is 2.30. The first-order valence-electron chi connectivity index (χ1n) is 5.17. The second-order valence-corrected chi connectivity index (χ2v) is 4.73. The van der Waals surface area contributed by atoms with Gasteiger partial charge in [0.25, 0.3) is 0 Å². The van der Waals surface area contributed by atoms with Crippen LogP contribution in [0, 0.1) is 5.82 Å². The number of hydrogen-bond donors (Lipinski definition) is 2. The number of nitrogens with two attached hydrogens (primary N) is 2. The van der Waals surface area contributed by atoms with Gasteiger partial charge in [0.15, 0.2) is 0 Å². The molecule has 0 atom stereocenters. The Balaban J connectivity index is 2.09. The lowest BCUT2D eigenvalue weighted by Gasteiger charge is -2.06. The van der Waals surface area contributed by atoms with Gasteiger partial charge in [0.05, 0.1) is 0 Å². The van der Waals surface area contributed by atoms with E-state index < -0.39 is 0 Å². The van der Waals surface area contributed by atoms with Crippen molar-refractivity contribution in [3.8, 4) is 0 Å². The summed E-state index contributed by atoms with van der Waals surface area (Å²) in [4.78, 5) is 0.757. The molecule has 0 amide bonds. The predicted molar refractivity (Wildman–Crippen MR) is 71.2 cm³/mol. The number of rotatable bonds is 3.